The first-order chi connectivity index (χ1) is 9.72. The summed E-state index contributed by atoms with van der Waals surface area (Å²) in [5, 5.41) is 6.35. The number of sulfonamides is 1. The molecule has 8 heteroatoms. The predicted octanol–water partition coefficient (Wildman–Crippen LogP) is 1.68. The molecule has 0 aliphatic heterocycles. The molecule has 0 radical (unpaired) electrons. The third kappa shape index (κ3) is 9.83. The van der Waals surface area contributed by atoms with Crippen LogP contribution >= 0.6 is 24.0 Å². The lowest BCUT2D eigenvalue weighted by Gasteiger charge is -2.25. The SMILES string of the molecule is CCNC(=NCCS(=O)(=O)NCC1CCC1)NC(C)(C)C.I. The van der Waals surface area contributed by atoms with Crippen LogP contribution in [0.5, 0.6) is 0 Å². The molecule has 132 valence electrons. The molecule has 6 nitrogen and oxygen atoms in total. The molecule has 0 atom stereocenters. The number of hydrogen-bond donors (Lipinski definition) is 3. The van der Waals surface area contributed by atoms with Crippen molar-refractivity contribution in [3.05, 3.63) is 0 Å². The third-order valence-electron chi connectivity index (χ3n) is 3.28. The Hall–Kier alpha value is -0.0900. The van der Waals surface area contributed by atoms with Gasteiger partial charge in [-0.1, -0.05) is 6.42 Å². The van der Waals surface area contributed by atoms with Crippen molar-refractivity contribution in [3.8, 4) is 0 Å². The number of guanidine groups is 1. The normalized spacial score (nSPS) is 16.6. The van der Waals surface area contributed by atoms with E-state index >= 15 is 0 Å². The molecule has 0 aromatic rings. The van der Waals surface area contributed by atoms with Crippen molar-refractivity contribution in [1.82, 2.24) is 15.4 Å². The quantitative estimate of drug-likeness (QED) is 0.316. The Kier molecular flexibility index (Phi) is 9.88. The van der Waals surface area contributed by atoms with Crippen LogP contribution in [0.15, 0.2) is 4.99 Å². The van der Waals surface area contributed by atoms with E-state index in [-0.39, 0.29) is 41.8 Å². The summed E-state index contributed by atoms with van der Waals surface area (Å²) >= 11 is 0. The lowest BCUT2D eigenvalue weighted by Crippen LogP contribution is -2.47. The highest BCUT2D eigenvalue weighted by molar-refractivity contribution is 14.0. The topological polar surface area (TPSA) is 82.6 Å². The van der Waals surface area contributed by atoms with E-state index in [1.807, 2.05) is 27.7 Å². The average Bonchev–Trinajstić information content (AvgIpc) is 2.24. The lowest BCUT2D eigenvalue weighted by molar-refractivity contribution is 0.316. The number of nitrogens with one attached hydrogen (secondary N) is 3. The number of hydrogen-bond acceptors (Lipinski definition) is 3. The third-order valence-corrected chi connectivity index (χ3v) is 4.61. The Bertz CT molecular complexity index is 442. The number of rotatable bonds is 7. The van der Waals surface area contributed by atoms with Crippen molar-refractivity contribution >= 4 is 40.0 Å². The van der Waals surface area contributed by atoms with E-state index in [1.54, 1.807) is 0 Å². The fourth-order valence-corrected chi connectivity index (χ4v) is 2.92. The molecule has 0 spiro atoms. The van der Waals surface area contributed by atoms with Crippen LogP contribution in [0, 0.1) is 5.92 Å². The van der Waals surface area contributed by atoms with Crippen molar-refractivity contribution in [2.24, 2.45) is 10.9 Å². The molecule has 22 heavy (non-hydrogen) atoms. The summed E-state index contributed by atoms with van der Waals surface area (Å²) in [4.78, 5) is 4.32. The first-order valence-corrected chi connectivity index (χ1v) is 9.41. The second-order valence-corrected chi connectivity index (χ2v) is 8.53. The van der Waals surface area contributed by atoms with Gasteiger partial charge in [-0.25, -0.2) is 13.1 Å². The zero-order valence-corrected chi connectivity index (χ0v) is 17.3. The number of nitrogens with zero attached hydrogens (tertiary/aromatic N) is 1. The van der Waals surface area contributed by atoms with Gasteiger partial charge in [0.05, 0.1) is 12.3 Å². The Balaban J connectivity index is 0.00000441. The Morgan fingerprint density at radius 3 is 2.36 bits per heavy atom. The number of halogens is 1. The van der Waals surface area contributed by atoms with E-state index in [1.165, 1.54) is 6.42 Å². The molecule has 0 amide bonds. The van der Waals surface area contributed by atoms with Gasteiger partial charge in [0.1, 0.15) is 0 Å². The maximum atomic E-state index is 11.9. The molecule has 0 aromatic heterocycles. The highest BCUT2D eigenvalue weighted by Crippen LogP contribution is 2.25. The molecule has 1 rings (SSSR count). The van der Waals surface area contributed by atoms with E-state index in [4.69, 9.17) is 0 Å². The van der Waals surface area contributed by atoms with Crippen LogP contribution < -0.4 is 15.4 Å². The summed E-state index contributed by atoms with van der Waals surface area (Å²) in [6.45, 7) is 9.67. The highest BCUT2D eigenvalue weighted by atomic mass is 127. The largest absolute Gasteiger partial charge is 0.357 e. The molecule has 3 N–H and O–H groups in total. The van der Waals surface area contributed by atoms with E-state index in [9.17, 15) is 8.42 Å². The van der Waals surface area contributed by atoms with Gasteiger partial charge < -0.3 is 10.6 Å². The minimum atomic E-state index is -3.22. The fraction of sp³-hybridized carbons (Fsp3) is 0.929. The van der Waals surface area contributed by atoms with Gasteiger partial charge in [0.25, 0.3) is 0 Å². The van der Waals surface area contributed by atoms with Crippen LogP contribution in [0.25, 0.3) is 0 Å². The predicted molar refractivity (Wildman–Crippen MR) is 103 cm³/mol. The van der Waals surface area contributed by atoms with Gasteiger partial charge in [-0.3, -0.25) is 4.99 Å². The first kappa shape index (κ1) is 21.9. The minimum absolute atomic E-state index is 0. The molecule has 1 aliphatic rings. The molecule has 0 saturated heterocycles. The van der Waals surface area contributed by atoms with Crippen LogP contribution in [0.2, 0.25) is 0 Å². The monoisotopic (exact) mass is 446 g/mol. The molecule has 1 fully saturated rings. The maximum Gasteiger partial charge on any atom is 0.213 e. The van der Waals surface area contributed by atoms with Crippen LogP contribution in [-0.2, 0) is 10.0 Å². The summed E-state index contributed by atoms with van der Waals surface area (Å²) < 4.78 is 26.4. The minimum Gasteiger partial charge on any atom is -0.357 e. The lowest BCUT2D eigenvalue weighted by atomic mass is 9.86. The van der Waals surface area contributed by atoms with Crippen molar-refractivity contribution in [1.29, 1.82) is 0 Å². The second kappa shape index (κ2) is 9.92. The summed E-state index contributed by atoms with van der Waals surface area (Å²) in [5.74, 6) is 1.21. The summed E-state index contributed by atoms with van der Waals surface area (Å²) in [5.41, 5.74) is -0.109. The van der Waals surface area contributed by atoms with E-state index in [0.29, 0.717) is 18.4 Å². The molecule has 0 unspecified atom stereocenters. The smallest absolute Gasteiger partial charge is 0.213 e. The molecule has 1 aliphatic carbocycles. The number of aliphatic imine (C=N–C) groups is 1. The molecular formula is C14H31IN4O2S. The molecule has 0 heterocycles. The molecule has 0 aromatic carbocycles. The van der Waals surface area contributed by atoms with Gasteiger partial charge in [0, 0.05) is 18.6 Å². The van der Waals surface area contributed by atoms with Crippen LogP contribution in [-0.4, -0.2) is 45.3 Å². The molecule has 1 saturated carbocycles. The Morgan fingerprint density at radius 1 is 1.27 bits per heavy atom. The van der Waals surface area contributed by atoms with Gasteiger partial charge in [-0.15, -0.1) is 24.0 Å². The summed E-state index contributed by atoms with van der Waals surface area (Å²) in [6, 6.07) is 0. The van der Waals surface area contributed by atoms with E-state index < -0.39 is 10.0 Å². The van der Waals surface area contributed by atoms with E-state index in [0.717, 1.165) is 19.4 Å². The zero-order valence-electron chi connectivity index (χ0n) is 14.1. The molecular weight excluding hydrogens is 415 g/mol. The van der Waals surface area contributed by atoms with Gasteiger partial charge in [0.15, 0.2) is 5.96 Å². The summed E-state index contributed by atoms with van der Waals surface area (Å²) in [7, 11) is -3.22. The van der Waals surface area contributed by atoms with Crippen molar-refractivity contribution in [3.63, 3.8) is 0 Å². The van der Waals surface area contributed by atoms with Crippen molar-refractivity contribution in [2.75, 3.05) is 25.4 Å². The maximum absolute atomic E-state index is 11.9. The van der Waals surface area contributed by atoms with Crippen LogP contribution in [0.3, 0.4) is 0 Å². The van der Waals surface area contributed by atoms with E-state index in [2.05, 4.69) is 20.3 Å². The van der Waals surface area contributed by atoms with Crippen molar-refractivity contribution < 1.29 is 8.42 Å². The second-order valence-electron chi connectivity index (χ2n) is 6.60. The van der Waals surface area contributed by atoms with Crippen molar-refractivity contribution in [2.45, 2.75) is 52.5 Å². The zero-order chi connectivity index (χ0) is 15.9. The van der Waals surface area contributed by atoms with Crippen LogP contribution in [0.4, 0.5) is 0 Å². The fourth-order valence-electron chi connectivity index (χ4n) is 1.95. The van der Waals surface area contributed by atoms with Gasteiger partial charge in [-0.05, 0) is 46.5 Å². The Labute approximate surface area is 152 Å². The van der Waals surface area contributed by atoms with Gasteiger partial charge in [0.2, 0.25) is 10.0 Å². The Morgan fingerprint density at radius 2 is 1.91 bits per heavy atom. The highest BCUT2D eigenvalue weighted by Gasteiger charge is 2.20. The summed E-state index contributed by atoms with van der Waals surface area (Å²) in [6.07, 6.45) is 3.50. The molecule has 0 bridgehead atoms. The van der Waals surface area contributed by atoms with Gasteiger partial charge >= 0.3 is 0 Å². The average molecular weight is 446 g/mol. The van der Waals surface area contributed by atoms with Crippen LogP contribution in [0.1, 0.15) is 47.0 Å². The first-order valence-electron chi connectivity index (χ1n) is 7.75. The standard InChI is InChI=1S/C14H30N4O2S.HI/c1-5-15-13(18-14(2,3)4)16-9-10-21(19,20)17-11-12-7-6-8-12;/h12,17H,5-11H2,1-4H3,(H2,15,16,18);1H. The van der Waals surface area contributed by atoms with Gasteiger partial charge in [-0.2, -0.15) is 0 Å².